The van der Waals surface area contributed by atoms with Gasteiger partial charge in [-0.25, -0.2) is 0 Å². The van der Waals surface area contributed by atoms with Crippen molar-refractivity contribution < 1.29 is 9.47 Å². The van der Waals surface area contributed by atoms with Crippen molar-refractivity contribution in [3.63, 3.8) is 0 Å². The summed E-state index contributed by atoms with van der Waals surface area (Å²) < 4.78 is 14.2. The van der Waals surface area contributed by atoms with Crippen molar-refractivity contribution >= 4 is 0 Å². The molecule has 0 aromatic heterocycles. The minimum absolute atomic E-state index is 0.760. The maximum absolute atomic E-state index is 7.08. The van der Waals surface area contributed by atoms with Gasteiger partial charge in [-0.3, -0.25) is 0 Å². The Morgan fingerprint density at radius 1 is 0.429 bits per heavy atom. The Morgan fingerprint density at radius 2 is 0.776 bits per heavy atom. The third-order valence-corrected chi connectivity index (χ3v) is 8.38. The number of rotatable bonds is 2. The average Bonchev–Trinajstić information content (AvgIpc) is 3.62. The summed E-state index contributed by atoms with van der Waals surface area (Å²) in [4.78, 5) is 0. The highest BCUT2D eigenvalue weighted by Gasteiger charge is 2.70. The van der Waals surface area contributed by atoms with E-state index >= 15 is 0 Å². The van der Waals surface area contributed by atoms with Crippen LogP contribution in [0.4, 0.5) is 0 Å². The van der Waals surface area contributed by atoms with Gasteiger partial charge in [0.15, 0.2) is 0 Å². The fourth-order valence-electron chi connectivity index (χ4n) is 6.48. The number of fused-ring (bicyclic) bond motifs is 5. The molecule has 2 aliphatic rings. The SMILES string of the molecule is C(#Cc1ccc2c(c1)OC1(c3ccccc3)Oc3cc(C#Cc4ccccc4)ccc3C21c1ccccc1)c1ccccc1.CC.CCC. The third kappa shape index (κ3) is 6.11. The minimum atomic E-state index is -1.17. The largest absolute Gasteiger partial charge is 0.446 e. The summed E-state index contributed by atoms with van der Waals surface area (Å²) in [5.74, 6) is 13.6. The lowest BCUT2D eigenvalue weighted by Gasteiger charge is -2.38. The standard InChI is InChI=1S/C42H26O2.C3H8.C2H6/c1-5-13-31(14-6-1)21-23-33-25-27-37-39(29-33)43-42(36-19-11-4-12-20-36)41(37,35-17-9-3-10-18-35)38-28-26-34(30-40(38)44-42)24-22-32-15-7-2-8-16-32;1-3-2;1-2/h1-20,25-30H;3H2,1-2H3;1-2H3. The number of hydrogen-bond donors (Lipinski definition) is 0. The molecule has 2 aliphatic heterocycles. The van der Waals surface area contributed by atoms with Crippen molar-refractivity contribution in [1.82, 2.24) is 0 Å². The Kier molecular flexibility index (Phi) is 9.99. The summed E-state index contributed by atoms with van der Waals surface area (Å²) in [6.45, 7) is 8.25. The topological polar surface area (TPSA) is 18.5 Å². The highest BCUT2D eigenvalue weighted by Crippen LogP contribution is 2.66. The van der Waals surface area contributed by atoms with Gasteiger partial charge in [0.1, 0.15) is 16.9 Å². The molecule has 6 aromatic carbocycles. The van der Waals surface area contributed by atoms with E-state index in [1.165, 1.54) is 6.42 Å². The van der Waals surface area contributed by atoms with E-state index in [0.717, 1.165) is 56.0 Å². The first-order valence-corrected chi connectivity index (χ1v) is 17.1. The van der Waals surface area contributed by atoms with Crippen LogP contribution in [-0.2, 0) is 11.2 Å². The minimum Gasteiger partial charge on any atom is -0.446 e. The third-order valence-electron chi connectivity index (χ3n) is 8.38. The van der Waals surface area contributed by atoms with Gasteiger partial charge >= 0.3 is 0 Å². The molecule has 0 saturated carbocycles. The maximum atomic E-state index is 7.08. The molecule has 0 unspecified atom stereocenters. The first kappa shape index (κ1) is 33.0. The van der Waals surface area contributed by atoms with Gasteiger partial charge in [-0.15, -0.1) is 0 Å². The van der Waals surface area contributed by atoms with Crippen LogP contribution in [-0.4, -0.2) is 0 Å². The highest BCUT2D eigenvalue weighted by atomic mass is 16.7. The highest BCUT2D eigenvalue weighted by molar-refractivity contribution is 5.70. The van der Waals surface area contributed by atoms with E-state index in [1.807, 2.05) is 111 Å². The molecule has 49 heavy (non-hydrogen) atoms. The Bertz CT molecular complexity index is 2020. The van der Waals surface area contributed by atoms with Crippen molar-refractivity contribution in [2.45, 2.75) is 45.3 Å². The summed E-state index contributed by atoms with van der Waals surface area (Å²) in [6.07, 6.45) is 1.25. The zero-order chi connectivity index (χ0) is 34.1. The molecule has 8 rings (SSSR count). The second-order valence-electron chi connectivity index (χ2n) is 11.7. The summed E-state index contributed by atoms with van der Waals surface area (Å²) in [7, 11) is 0. The van der Waals surface area contributed by atoms with Crippen molar-refractivity contribution in [3.8, 4) is 35.2 Å². The Labute approximate surface area is 291 Å². The van der Waals surface area contributed by atoms with Gasteiger partial charge < -0.3 is 9.47 Å². The van der Waals surface area contributed by atoms with Crippen LogP contribution in [0, 0.1) is 23.7 Å². The molecule has 0 saturated heterocycles. The van der Waals surface area contributed by atoms with Crippen LogP contribution in [0.15, 0.2) is 158 Å². The molecule has 2 heterocycles. The molecular formula is C47H40O2. The van der Waals surface area contributed by atoms with Crippen LogP contribution in [0.3, 0.4) is 0 Å². The van der Waals surface area contributed by atoms with E-state index in [-0.39, 0.29) is 0 Å². The molecule has 0 aliphatic carbocycles. The Hall–Kier alpha value is -5.96. The number of benzene rings is 6. The summed E-state index contributed by atoms with van der Waals surface area (Å²) in [6, 6.07) is 53.4. The van der Waals surface area contributed by atoms with E-state index in [2.05, 4.69) is 98.2 Å². The zero-order valence-corrected chi connectivity index (χ0v) is 28.5. The summed E-state index contributed by atoms with van der Waals surface area (Å²) in [5, 5.41) is 0. The maximum Gasteiger partial charge on any atom is 0.296 e. The van der Waals surface area contributed by atoms with Gasteiger partial charge in [0.05, 0.1) is 0 Å². The first-order valence-electron chi connectivity index (χ1n) is 17.1. The fraction of sp³-hybridized carbons (Fsp3) is 0.149. The second-order valence-corrected chi connectivity index (χ2v) is 11.7. The van der Waals surface area contributed by atoms with Gasteiger partial charge in [0.25, 0.3) is 5.79 Å². The summed E-state index contributed by atoms with van der Waals surface area (Å²) in [5.41, 5.74) is 7.04. The molecule has 0 fully saturated rings. The summed E-state index contributed by atoms with van der Waals surface area (Å²) >= 11 is 0. The first-order chi connectivity index (χ1) is 24.2. The van der Waals surface area contributed by atoms with Crippen molar-refractivity contribution in [3.05, 3.63) is 202 Å². The van der Waals surface area contributed by atoms with Crippen LogP contribution in [0.5, 0.6) is 11.5 Å². The van der Waals surface area contributed by atoms with Crippen molar-refractivity contribution in [1.29, 1.82) is 0 Å². The average molecular weight is 637 g/mol. The molecule has 0 N–H and O–H groups in total. The van der Waals surface area contributed by atoms with Gasteiger partial charge in [-0.1, -0.05) is 167 Å². The molecule has 0 atom stereocenters. The molecule has 0 bridgehead atoms. The molecular weight excluding hydrogens is 597 g/mol. The molecule has 0 spiro atoms. The number of ether oxygens (including phenoxy) is 2. The lowest BCUT2D eigenvalue weighted by molar-refractivity contribution is -0.119. The predicted octanol–water partition coefficient (Wildman–Crippen LogP) is 10.9. The molecule has 240 valence electrons. The smallest absolute Gasteiger partial charge is 0.296 e. The van der Waals surface area contributed by atoms with Crippen LogP contribution < -0.4 is 9.47 Å². The Morgan fingerprint density at radius 3 is 1.18 bits per heavy atom. The van der Waals surface area contributed by atoms with Crippen LogP contribution in [0.1, 0.15) is 78.6 Å². The number of hydrogen-bond acceptors (Lipinski definition) is 2. The molecule has 2 nitrogen and oxygen atoms in total. The van der Waals surface area contributed by atoms with Gasteiger partial charge in [0, 0.05) is 38.9 Å². The van der Waals surface area contributed by atoms with Crippen LogP contribution >= 0.6 is 0 Å². The van der Waals surface area contributed by atoms with E-state index in [9.17, 15) is 0 Å². The van der Waals surface area contributed by atoms with Gasteiger partial charge in [0.2, 0.25) is 0 Å². The Balaban J connectivity index is 0.000000792. The molecule has 2 heteroatoms. The predicted molar refractivity (Wildman–Crippen MR) is 201 cm³/mol. The van der Waals surface area contributed by atoms with E-state index in [4.69, 9.17) is 9.47 Å². The molecule has 0 radical (unpaired) electrons. The zero-order valence-electron chi connectivity index (χ0n) is 28.5. The monoisotopic (exact) mass is 636 g/mol. The van der Waals surface area contributed by atoms with Crippen molar-refractivity contribution in [2.24, 2.45) is 0 Å². The normalized spacial score (nSPS) is 17.2. The second kappa shape index (κ2) is 14.9. The van der Waals surface area contributed by atoms with Crippen LogP contribution in [0.2, 0.25) is 0 Å². The van der Waals surface area contributed by atoms with E-state index in [0.29, 0.717) is 0 Å². The van der Waals surface area contributed by atoms with Gasteiger partial charge in [-0.2, -0.15) is 0 Å². The molecule has 6 aromatic rings. The lowest BCUT2D eigenvalue weighted by Crippen LogP contribution is -2.50. The van der Waals surface area contributed by atoms with Gasteiger partial charge in [-0.05, 0) is 54.1 Å². The van der Waals surface area contributed by atoms with Crippen LogP contribution in [0.25, 0.3) is 0 Å². The lowest BCUT2D eigenvalue weighted by atomic mass is 9.64. The van der Waals surface area contributed by atoms with E-state index in [1.54, 1.807) is 0 Å². The molecule has 0 amide bonds. The fourth-order valence-corrected chi connectivity index (χ4v) is 6.48. The van der Waals surface area contributed by atoms with E-state index < -0.39 is 11.2 Å². The van der Waals surface area contributed by atoms with Crippen molar-refractivity contribution in [2.75, 3.05) is 0 Å². The quantitative estimate of drug-likeness (QED) is 0.176.